The number of likely N-dealkylation sites (N-methyl/N-ethyl adjacent to an activating group) is 1. The third kappa shape index (κ3) is 2.49. The number of hydrogen-bond acceptors (Lipinski definition) is 3. The summed E-state index contributed by atoms with van der Waals surface area (Å²) in [6.45, 7) is 3.53. The lowest BCUT2D eigenvalue weighted by Gasteiger charge is -2.32. The monoisotopic (exact) mass is 236 g/mol. The molecule has 0 spiro atoms. The van der Waals surface area contributed by atoms with Gasteiger partial charge in [-0.1, -0.05) is 0 Å². The zero-order valence-electron chi connectivity index (χ0n) is 10.7. The zero-order chi connectivity index (χ0) is 12.4. The van der Waals surface area contributed by atoms with Gasteiger partial charge in [0.25, 0.3) is 5.91 Å². The molecule has 0 radical (unpaired) electrons. The van der Waals surface area contributed by atoms with Crippen LogP contribution in [0.2, 0.25) is 0 Å². The van der Waals surface area contributed by atoms with Gasteiger partial charge in [-0.3, -0.25) is 9.48 Å². The van der Waals surface area contributed by atoms with E-state index >= 15 is 0 Å². The van der Waals surface area contributed by atoms with E-state index in [0.717, 1.165) is 37.2 Å². The van der Waals surface area contributed by atoms with Gasteiger partial charge in [0, 0.05) is 32.4 Å². The van der Waals surface area contributed by atoms with Crippen molar-refractivity contribution in [1.29, 1.82) is 0 Å². The Morgan fingerprint density at radius 3 is 2.94 bits per heavy atom. The number of nitrogens with zero attached hydrogens (tertiary/aromatic N) is 3. The third-order valence-corrected chi connectivity index (χ3v) is 3.36. The lowest BCUT2D eigenvalue weighted by Crippen LogP contribution is -2.47. The quantitative estimate of drug-likeness (QED) is 0.816. The summed E-state index contributed by atoms with van der Waals surface area (Å²) in [5.41, 5.74) is 1.54. The molecule has 0 aliphatic carbocycles. The Labute approximate surface area is 102 Å². The summed E-state index contributed by atoms with van der Waals surface area (Å²) in [5, 5.41) is 7.47. The summed E-state index contributed by atoms with van der Waals surface area (Å²) in [5.74, 6) is 0.107. The molecule has 1 aliphatic heterocycles. The van der Waals surface area contributed by atoms with Gasteiger partial charge in [0.05, 0.1) is 11.3 Å². The lowest BCUT2D eigenvalue weighted by molar-refractivity contribution is 0.0697. The van der Waals surface area contributed by atoms with E-state index < -0.39 is 0 Å². The lowest BCUT2D eigenvalue weighted by atomic mass is 10.0. The Bertz CT molecular complexity index is 413. The number of likely N-dealkylation sites (tertiary alicyclic amines) is 1. The first-order chi connectivity index (χ1) is 8.11. The number of aryl methyl sites for hydroxylation is 2. The Morgan fingerprint density at radius 1 is 1.59 bits per heavy atom. The van der Waals surface area contributed by atoms with Crippen LogP contribution in [0, 0.1) is 6.92 Å². The van der Waals surface area contributed by atoms with Crippen molar-refractivity contribution >= 4 is 5.91 Å². The van der Waals surface area contributed by atoms with Crippen molar-refractivity contribution in [3.8, 4) is 0 Å². The van der Waals surface area contributed by atoms with Gasteiger partial charge < -0.3 is 10.2 Å². The second kappa shape index (κ2) is 4.87. The summed E-state index contributed by atoms with van der Waals surface area (Å²) in [6, 6.07) is 0.421. The number of piperidine rings is 1. The van der Waals surface area contributed by atoms with E-state index in [-0.39, 0.29) is 5.91 Å². The first kappa shape index (κ1) is 12.1. The van der Waals surface area contributed by atoms with Crippen molar-refractivity contribution in [3.63, 3.8) is 0 Å². The van der Waals surface area contributed by atoms with Gasteiger partial charge in [-0.15, -0.1) is 0 Å². The van der Waals surface area contributed by atoms with Crippen LogP contribution in [-0.4, -0.2) is 46.8 Å². The van der Waals surface area contributed by atoms with Crippen LogP contribution in [0.25, 0.3) is 0 Å². The SMILES string of the molecule is CNC1CCCN(C(=O)c2cn(C)nc2C)C1. The van der Waals surface area contributed by atoms with Gasteiger partial charge in [-0.2, -0.15) is 5.10 Å². The van der Waals surface area contributed by atoms with Crippen molar-refractivity contribution < 1.29 is 4.79 Å². The van der Waals surface area contributed by atoms with E-state index in [4.69, 9.17) is 0 Å². The number of aromatic nitrogens is 2. The van der Waals surface area contributed by atoms with Crippen molar-refractivity contribution in [3.05, 3.63) is 17.5 Å². The Hall–Kier alpha value is -1.36. The summed E-state index contributed by atoms with van der Waals surface area (Å²) in [4.78, 5) is 14.3. The molecule has 0 aromatic carbocycles. The highest BCUT2D eigenvalue weighted by Gasteiger charge is 2.25. The van der Waals surface area contributed by atoms with Gasteiger partial charge in [-0.05, 0) is 26.8 Å². The number of hydrogen-bond donors (Lipinski definition) is 1. The summed E-state index contributed by atoms with van der Waals surface area (Å²) in [6.07, 6.45) is 4.02. The molecule has 17 heavy (non-hydrogen) atoms. The number of nitrogens with one attached hydrogen (secondary N) is 1. The van der Waals surface area contributed by atoms with Gasteiger partial charge in [0.2, 0.25) is 0 Å². The molecule has 1 N–H and O–H groups in total. The molecule has 5 heteroatoms. The van der Waals surface area contributed by atoms with Gasteiger partial charge in [0.15, 0.2) is 0 Å². The maximum atomic E-state index is 12.3. The van der Waals surface area contributed by atoms with Crippen LogP contribution in [0.3, 0.4) is 0 Å². The average Bonchev–Trinajstić information content (AvgIpc) is 2.67. The molecule has 0 bridgehead atoms. The number of carbonyl (C=O) groups is 1. The van der Waals surface area contributed by atoms with E-state index in [0.29, 0.717) is 6.04 Å². The maximum absolute atomic E-state index is 12.3. The summed E-state index contributed by atoms with van der Waals surface area (Å²) in [7, 11) is 3.80. The molecule has 2 rings (SSSR count). The van der Waals surface area contributed by atoms with Crippen LogP contribution in [0.5, 0.6) is 0 Å². The molecule has 5 nitrogen and oxygen atoms in total. The minimum Gasteiger partial charge on any atom is -0.337 e. The molecule has 1 aromatic rings. The third-order valence-electron chi connectivity index (χ3n) is 3.36. The van der Waals surface area contributed by atoms with Crippen molar-refractivity contribution in [1.82, 2.24) is 20.0 Å². The van der Waals surface area contributed by atoms with Crippen LogP contribution in [0.15, 0.2) is 6.20 Å². The molecule has 1 aromatic heterocycles. The topological polar surface area (TPSA) is 50.2 Å². The van der Waals surface area contributed by atoms with Gasteiger partial charge in [-0.25, -0.2) is 0 Å². The van der Waals surface area contributed by atoms with E-state index in [9.17, 15) is 4.79 Å². The predicted molar refractivity (Wildman–Crippen MR) is 65.9 cm³/mol. The minimum atomic E-state index is 0.107. The minimum absolute atomic E-state index is 0.107. The average molecular weight is 236 g/mol. The second-order valence-corrected chi connectivity index (χ2v) is 4.68. The molecular formula is C12H20N4O. The zero-order valence-corrected chi connectivity index (χ0v) is 10.7. The van der Waals surface area contributed by atoms with E-state index in [1.807, 2.05) is 25.9 Å². The summed E-state index contributed by atoms with van der Waals surface area (Å²) >= 11 is 0. The van der Waals surface area contributed by atoms with Crippen LogP contribution in [0.1, 0.15) is 28.9 Å². The molecule has 1 aliphatic rings. The highest BCUT2D eigenvalue weighted by Crippen LogP contribution is 2.15. The fraction of sp³-hybridized carbons (Fsp3) is 0.667. The molecule has 1 saturated heterocycles. The van der Waals surface area contributed by atoms with Crippen molar-refractivity contribution in [2.45, 2.75) is 25.8 Å². The second-order valence-electron chi connectivity index (χ2n) is 4.68. The van der Waals surface area contributed by atoms with Crippen molar-refractivity contribution in [2.24, 2.45) is 7.05 Å². The summed E-state index contributed by atoms with van der Waals surface area (Å²) < 4.78 is 1.70. The van der Waals surface area contributed by atoms with Crippen LogP contribution in [0.4, 0.5) is 0 Å². The molecule has 1 unspecified atom stereocenters. The molecule has 2 heterocycles. The first-order valence-corrected chi connectivity index (χ1v) is 6.08. The molecule has 1 amide bonds. The first-order valence-electron chi connectivity index (χ1n) is 6.08. The van der Waals surface area contributed by atoms with E-state index in [2.05, 4.69) is 10.4 Å². The Balaban J connectivity index is 2.12. The van der Waals surface area contributed by atoms with E-state index in [1.165, 1.54) is 0 Å². The molecule has 1 atom stereocenters. The predicted octanol–water partition coefficient (Wildman–Crippen LogP) is 0.553. The van der Waals surface area contributed by atoms with Crippen LogP contribution < -0.4 is 5.32 Å². The molecule has 94 valence electrons. The Morgan fingerprint density at radius 2 is 2.35 bits per heavy atom. The molecule has 1 fully saturated rings. The van der Waals surface area contributed by atoms with Gasteiger partial charge in [0.1, 0.15) is 0 Å². The standard InChI is InChI=1S/C12H20N4O/c1-9-11(8-15(3)14-9)12(17)16-6-4-5-10(7-16)13-2/h8,10,13H,4-7H2,1-3H3. The highest BCUT2D eigenvalue weighted by molar-refractivity contribution is 5.95. The Kier molecular flexibility index (Phi) is 3.47. The van der Waals surface area contributed by atoms with Crippen LogP contribution in [-0.2, 0) is 7.05 Å². The molecular weight excluding hydrogens is 216 g/mol. The highest BCUT2D eigenvalue weighted by atomic mass is 16.2. The number of amides is 1. The van der Waals surface area contributed by atoms with Crippen molar-refractivity contribution in [2.75, 3.05) is 20.1 Å². The maximum Gasteiger partial charge on any atom is 0.257 e. The van der Waals surface area contributed by atoms with Gasteiger partial charge >= 0.3 is 0 Å². The smallest absolute Gasteiger partial charge is 0.257 e. The van der Waals surface area contributed by atoms with E-state index in [1.54, 1.807) is 10.9 Å². The van der Waals surface area contributed by atoms with Crippen LogP contribution >= 0.6 is 0 Å². The normalized spacial score (nSPS) is 20.6. The number of rotatable bonds is 2. The molecule has 0 saturated carbocycles. The fourth-order valence-corrected chi connectivity index (χ4v) is 2.38. The largest absolute Gasteiger partial charge is 0.337 e. The fourth-order valence-electron chi connectivity index (χ4n) is 2.38. The number of carbonyl (C=O) groups excluding carboxylic acids is 1.